The van der Waals surface area contributed by atoms with Crippen molar-refractivity contribution in [1.29, 1.82) is 0 Å². The van der Waals surface area contributed by atoms with Crippen molar-refractivity contribution in [1.82, 2.24) is 10.2 Å². The van der Waals surface area contributed by atoms with Gasteiger partial charge in [-0.2, -0.15) is 0 Å². The molecule has 2 aliphatic rings. The molecule has 18 heavy (non-hydrogen) atoms. The number of hydrogen-bond donors (Lipinski definition) is 1. The van der Waals surface area contributed by atoms with Crippen LogP contribution in [0, 0.1) is 0 Å². The topological polar surface area (TPSA) is 50.8 Å². The molecule has 5 heteroatoms. The van der Waals surface area contributed by atoms with Gasteiger partial charge in [0.2, 0.25) is 12.7 Å². The second kappa shape index (κ2) is 4.86. The zero-order chi connectivity index (χ0) is 12.4. The number of ether oxygens (including phenoxy) is 2. The molecular formula is C13H16N2O3. The number of hydrogen-bond acceptors (Lipinski definition) is 4. The van der Waals surface area contributed by atoms with Crippen LogP contribution < -0.4 is 14.8 Å². The number of fused-ring (bicyclic) bond motifs is 1. The molecule has 3 rings (SSSR count). The fraction of sp³-hybridized carbons (Fsp3) is 0.462. The van der Waals surface area contributed by atoms with Crippen LogP contribution in [0.3, 0.4) is 0 Å². The van der Waals surface area contributed by atoms with Gasteiger partial charge in [-0.05, 0) is 30.7 Å². The highest BCUT2D eigenvalue weighted by molar-refractivity contribution is 5.78. The van der Waals surface area contributed by atoms with Crippen LogP contribution in [0.1, 0.15) is 12.0 Å². The van der Waals surface area contributed by atoms with Crippen molar-refractivity contribution in [3.8, 4) is 11.5 Å². The van der Waals surface area contributed by atoms with E-state index >= 15 is 0 Å². The molecule has 0 radical (unpaired) electrons. The van der Waals surface area contributed by atoms with Gasteiger partial charge in [0.15, 0.2) is 11.5 Å². The predicted octanol–water partition coefficient (Wildman–Crippen LogP) is 0.737. The van der Waals surface area contributed by atoms with Gasteiger partial charge in [0.1, 0.15) is 0 Å². The molecule has 1 saturated heterocycles. The van der Waals surface area contributed by atoms with Crippen molar-refractivity contribution < 1.29 is 14.3 Å². The van der Waals surface area contributed by atoms with Gasteiger partial charge in [0, 0.05) is 13.1 Å². The van der Waals surface area contributed by atoms with Gasteiger partial charge in [-0.1, -0.05) is 6.07 Å². The van der Waals surface area contributed by atoms with Gasteiger partial charge >= 0.3 is 0 Å². The summed E-state index contributed by atoms with van der Waals surface area (Å²) in [6, 6.07) is 5.84. The molecule has 0 unspecified atom stereocenters. The van der Waals surface area contributed by atoms with Crippen LogP contribution in [0.2, 0.25) is 0 Å². The minimum absolute atomic E-state index is 0.158. The monoisotopic (exact) mass is 248 g/mol. The third-order valence-electron chi connectivity index (χ3n) is 3.22. The Balaban J connectivity index is 1.73. The Morgan fingerprint density at radius 2 is 2.17 bits per heavy atom. The third-order valence-corrected chi connectivity index (χ3v) is 3.22. The van der Waals surface area contributed by atoms with Gasteiger partial charge in [-0.25, -0.2) is 0 Å². The van der Waals surface area contributed by atoms with Crippen LogP contribution in [-0.2, 0) is 11.3 Å². The molecule has 1 N–H and O–H groups in total. The summed E-state index contributed by atoms with van der Waals surface area (Å²) in [6.45, 7) is 3.07. The van der Waals surface area contributed by atoms with Gasteiger partial charge in [-0.15, -0.1) is 0 Å². The van der Waals surface area contributed by atoms with Crippen LogP contribution >= 0.6 is 0 Å². The van der Waals surface area contributed by atoms with E-state index in [0.717, 1.165) is 36.6 Å². The molecule has 0 bridgehead atoms. The number of carbonyl (C=O) groups is 1. The maximum absolute atomic E-state index is 11.9. The summed E-state index contributed by atoms with van der Waals surface area (Å²) in [5.41, 5.74) is 1.08. The van der Waals surface area contributed by atoms with Crippen molar-refractivity contribution >= 4 is 5.91 Å². The summed E-state index contributed by atoms with van der Waals surface area (Å²) >= 11 is 0. The average Bonchev–Trinajstić information content (AvgIpc) is 2.75. The van der Waals surface area contributed by atoms with Gasteiger partial charge < -0.3 is 19.7 Å². The third kappa shape index (κ3) is 2.26. The first-order valence-corrected chi connectivity index (χ1v) is 6.20. The molecule has 0 saturated carbocycles. The maximum Gasteiger partial charge on any atom is 0.236 e. The highest BCUT2D eigenvalue weighted by Gasteiger charge is 2.18. The number of nitrogens with zero attached hydrogens (tertiary/aromatic N) is 1. The normalized spacial score (nSPS) is 18.9. The van der Waals surface area contributed by atoms with E-state index in [1.807, 2.05) is 23.1 Å². The quantitative estimate of drug-likeness (QED) is 0.838. The lowest BCUT2D eigenvalue weighted by Crippen LogP contribution is -2.34. The zero-order valence-electron chi connectivity index (χ0n) is 10.1. The number of amides is 1. The molecule has 1 amide bonds. The molecule has 96 valence electrons. The highest BCUT2D eigenvalue weighted by Crippen LogP contribution is 2.32. The Labute approximate surface area is 106 Å². The first kappa shape index (κ1) is 11.3. The van der Waals surface area contributed by atoms with E-state index in [1.54, 1.807) is 0 Å². The average molecular weight is 248 g/mol. The first-order valence-electron chi connectivity index (χ1n) is 6.20. The summed E-state index contributed by atoms with van der Waals surface area (Å²) < 4.78 is 10.6. The van der Waals surface area contributed by atoms with E-state index in [-0.39, 0.29) is 12.7 Å². The molecule has 0 aromatic heterocycles. The Hall–Kier alpha value is -1.75. The standard InChI is InChI=1S/C13H16N2O3/c16-13-7-14-4-1-5-15(13)8-10-2-3-11-12(6-10)18-9-17-11/h2-3,6,14H,1,4-5,7-9H2. The van der Waals surface area contributed by atoms with Gasteiger partial charge in [0.25, 0.3) is 0 Å². The fourth-order valence-electron chi connectivity index (χ4n) is 2.25. The summed E-state index contributed by atoms with van der Waals surface area (Å²) in [6.07, 6.45) is 0.996. The number of carbonyl (C=O) groups excluding carboxylic acids is 1. The number of rotatable bonds is 2. The lowest BCUT2D eigenvalue weighted by molar-refractivity contribution is -0.130. The summed E-state index contributed by atoms with van der Waals surface area (Å²) in [7, 11) is 0. The van der Waals surface area contributed by atoms with E-state index in [0.29, 0.717) is 13.1 Å². The summed E-state index contributed by atoms with van der Waals surface area (Å²) in [4.78, 5) is 13.7. The summed E-state index contributed by atoms with van der Waals surface area (Å²) in [5, 5.41) is 3.12. The van der Waals surface area contributed by atoms with Crippen LogP contribution in [-0.4, -0.2) is 37.2 Å². The molecule has 1 fully saturated rings. The van der Waals surface area contributed by atoms with Crippen LogP contribution in [0.15, 0.2) is 18.2 Å². The van der Waals surface area contributed by atoms with Crippen LogP contribution in [0.25, 0.3) is 0 Å². The first-order chi connectivity index (χ1) is 8.83. The lowest BCUT2D eigenvalue weighted by Gasteiger charge is -2.20. The second-order valence-corrected chi connectivity index (χ2v) is 4.53. The summed E-state index contributed by atoms with van der Waals surface area (Å²) in [5.74, 6) is 1.71. The Morgan fingerprint density at radius 1 is 1.28 bits per heavy atom. The van der Waals surface area contributed by atoms with E-state index in [9.17, 15) is 4.79 Å². The van der Waals surface area contributed by atoms with Crippen LogP contribution in [0.5, 0.6) is 11.5 Å². The zero-order valence-corrected chi connectivity index (χ0v) is 10.1. The Bertz CT molecular complexity index is 462. The molecule has 2 heterocycles. The van der Waals surface area contributed by atoms with Crippen molar-refractivity contribution in [3.63, 3.8) is 0 Å². The predicted molar refractivity (Wildman–Crippen MR) is 65.5 cm³/mol. The molecule has 5 nitrogen and oxygen atoms in total. The number of nitrogens with one attached hydrogen (secondary N) is 1. The molecule has 2 aliphatic heterocycles. The van der Waals surface area contributed by atoms with Crippen molar-refractivity contribution in [2.45, 2.75) is 13.0 Å². The SMILES string of the molecule is O=C1CNCCCN1Cc1ccc2c(c1)OCO2. The lowest BCUT2D eigenvalue weighted by atomic mass is 10.2. The van der Waals surface area contributed by atoms with E-state index in [1.165, 1.54) is 0 Å². The van der Waals surface area contributed by atoms with Crippen molar-refractivity contribution in [3.05, 3.63) is 23.8 Å². The molecule has 1 aromatic carbocycles. The van der Waals surface area contributed by atoms with Crippen molar-refractivity contribution in [2.75, 3.05) is 26.4 Å². The largest absolute Gasteiger partial charge is 0.454 e. The minimum Gasteiger partial charge on any atom is -0.454 e. The van der Waals surface area contributed by atoms with Crippen molar-refractivity contribution in [2.24, 2.45) is 0 Å². The number of benzene rings is 1. The van der Waals surface area contributed by atoms with Gasteiger partial charge in [0.05, 0.1) is 6.54 Å². The minimum atomic E-state index is 0.158. The fourth-order valence-corrected chi connectivity index (χ4v) is 2.25. The molecule has 0 spiro atoms. The smallest absolute Gasteiger partial charge is 0.236 e. The highest BCUT2D eigenvalue weighted by atomic mass is 16.7. The Kier molecular flexibility index (Phi) is 3.06. The molecule has 0 atom stereocenters. The molecule has 1 aromatic rings. The van der Waals surface area contributed by atoms with E-state index in [2.05, 4.69) is 5.32 Å². The van der Waals surface area contributed by atoms with Crippen LogP contribution in [0.4, 0.5) is 0 Å². The second-order valence-electron chi connectivity index (χ2n) is 4.53. The maximum atomic E-state index is 11.9. The van der Waals surface area contributed by atoms with E-state index < -0.39 is 0 Å². The molecule has 0 aliphatic carbocycles. The van der Waals surface area contributed by atoms with Gasteiger partial charge in [-0.3, -0.25) is 4.79 Å². The van der Waals surface area contributed by atoms with E-state index in [4.69, 9.17) is 9.47 Å². The Morgan fingerprint density at radius 3 is 3.11 bits per heavy atom. The molecular weight excluding hydrogens is 232 g/mol.